The summed E-state index contributed by atoms with van der Waals surface area (Å²) in [4.78, 5) is 45.3. The Morgan fingerprint density at radius 3 is 2.66 bits per heavy atom. The molecule has 14 nitrogen and oxygen atoms in total. The van der Waals surface area contributed by atoms with Crippen molar-refractivity contribution in [1.82, 2.24) is 20.3 Å². The zero-order valence-electron chi connectivity index (χ0n) is 18.1. The molecule has 15 heteroatoms. The van der Waals surface area contributed by atoms with Gasteiger partial charge < -0.3 is 14.4 Å². The minimum Gasteiger partial charge on any atom is -0.444 e. The number of urea groups is 1. The molecule has 0 saturated carbocycles. The number of rotatable bonds is 6. The van der Waals surface area contributed by atoms with Crippen molar-refractivity contribution in [1.29, 1.82) is 0 Å². The first-order valence-electron chi connectivity index (χ1n) is 10.1. The van der Waals surface area contributed by atoms with Gasteiger partial charge >= 0.3 is 22.5 Å². The quantitative estimate of drug-likeness (QED) is 0.380. The second-order valence-corrected chi connectivity index (χ2v) is 9.69. The van der Waals surface area contributed by atoms with E-state index in [4.69, 9.17) is 18.9 Å². The lowest BCUT2D eigenvalue weighted by atomic mass is 10.0. The van der Waals surface area contributed by atoms with Gasteiger partial charge in [-0.15, -0.1) is 4.28 Å². The third-order valence-corrected chi connectivity index (χ3v) is 5.45. The molecule has 32 heavy (non-hydrogen) atoms. The van der Waals surface area contributed by atoms with Gasteiger partial charge in [-0.05, 0) is 33.6 Å². The summed E-state index contributed by atoms with van der Waals surface area (Å²) in [6.07, 6.45) is 0.0207. The maximum absolute atomic E-state index is 12.6. The number of carbonyl (C=O) groups excluding carboxylic acids is 3. The van der Waals surface area contributed by atoms with Crippen LogP contribution >= 0.6 is 0 Å². The van der Waals surface area contributed by atoms with E-state index in [1.54, 1.807) is 20.8 Å². The number of hydrogen-bond donors (Lipinski definition) is 2. The summed E-state index contributed by atoms with van der Waals surface area (Å²) in [7, 11) is -4.87. The highest BCUT2D eigenvalue weighted by atomic mass is 32.3. The molecule has 0 radical (unpaired) electrons. The highest BCUT2D eigenvalue weighted by Gasteiger charge is 2.49. The predicted molar refractivity (Wildman–Crippen MR) is 105 cm³/mol. The van der Waals surface area contributed by atoms with Gasteiger partial charge in [0, 0.05) is 13.1 Å². The number of morpholine rings is 1. The minimum atomic E-state index is -4.87. The number of nitrogens with one attached hydrogen (secondary N) is 1. The monoisotopic (exact) mass is 480 g/mol. The van der Waals surface area contributed by atoms with Crippen molar-refractivity contribution in [3.63, 3.8) is 0 Å². The maximum Gasteiger partial charge on any atom is 0.418 e. The number of carbonyl (C=O) groups is 3. The fourth-order valence-corrected chi connectivity index (χ4v) is 4.12. The smallest absolute Gasteiger partial charge is 0.418 e. The van der Waals surface area contributed by atoms with E-state index < -0.39 is 52.2 Å². The normalized spacial score (nSPS) is 26.3. The zero-order valence-corrected chi connectivity index (χ0v) is 18.9. The second kappa shape index (κ2) is 9.35. The summed E-state index contributed by atoms with van der Waals surface area (Å²) in [5, 5.41) is 0.557. The third kappa shape index (κ3) is 5.98. The van der Waals surface area contributed by atoms with Gasteiger partial charge in [-0.1, -0.05) is 0 Å². The number of nitrogens with zero attached hydrogens (tertiary/aromatic N) is 3. The molecule has 3 fully saturated rings. The Labute approximate surface area is 185 Å². The fourth-order valence-electron chi connectivity index (χ4n) is 3.73. The van der Waals surface area contributed by atoms with E-state index in [9.17, 15) is 22.8 Å². The van der Waals surface area contributed by atoms with Gasteiger partial charge in [0.15, 0.2) is 0 Å². The molecule has 182 valence electrons. The van der Waals surface area contributed by atoms with Crippen molar-refractivity contribution in [3.8, 4) is 0 Å². The highest BCUT2D eigenvalue weighted by Crippen LogP contribution is 2.30. The van der Waals surface area contributed by atoms with Crippen molar-refractivity contribution >= 4 is 28.4 Å². The lowest BCUT2D eigenvalue weighted by Gasteiger charge is -2.36. The Hall–Kier alpha value is -2.20. The second-order valence-electron chi connectivity index (χ2n) is 8.69. The van der Waals surface area contributed by atoms with E-state index in [2.05, 4.69) is 9.76 Å². The molecule has 3 aliphatic rings. The van der Waals surface area contributed by atoms with Crippen LogP contribution in [-0.2, 0) is 33.8 Å². The summed E-state index contributed by atoms with van der Waals surface area (Å²) in [6.45, 7) is 6.14. The molecule has 1 unspecified atom stereocenters. The van der Waals surface area contributed by atoms with Crippen LogP contribution in [0, 0.1) is 0 Å². The lowest BCUT2D eigenvalue weighted by Crippen LogP contribution is -2.54. The molecule has 3 aliphatic heterocycles. The summed E-state index contributed by atoms with van der Waals surface area (Å²) >= 11 is 0. The number of ether oxygens (including phenoxy) is 2. The zero-order chi connectivity index (χ0) is 23.7. The van der Waals surface area contributed by atoms with E-state index in [1.807, 2.05) is 0 Å². The van der Waals surface area contributed by atoms with Crippen LogP contribution in [0.5, 0.6) is 0 Å². The predicted octanol–water partition coefficient (Wildman–Crippen LogP) is -0.327. The Balaban J connectivity index is 1.52. The van der Waals surface area contributed by atoms with Crippen LogP contribution in [0.4, 0.5) is 9.59 Å². The Morgan fingerprint density at radius 2 is 2.00 bits per heavy atom. The van der Waals surface area contributed by atoms with E-state index in [0.29, 0.717) is 24.6 Å². The van der Waals surface area contributed by atoms with Crippen LogP contribution in [-0.4, -0.2) is 103 Å². The number of hydrogen-bond acceptors (Lipinski definition) is 9. The molecule has 3 rings (SSSR count). The number of fused-ring (bicyclic) bond motifs is 2. The average Bonchev–Trinajstić information content (AvgIpc) is 2.90. The van der Waals surface area contributed by atoms with Gasteiger partial charge in [-0.3, -0.25) is 19.1 Å². The molecule has 0 aromatic rings. The molecule has 0 aromatic heterocycles. The number of hydroxylamine groups is 3. The Bertz CT molecular complexity index is 845. The summed E-state index contributed by atoms with van der Waals surface area (Å²) in [5.74, 6) is -0.606. The van der Waals surface area contributed by atoms with Crippen molar-refractivity contribution < 1.29 is 45.9 Å². The molecule has 3 atom stereocenters. The van der Waals surface area contributed by atoms with Gasteiger partial charge in [0.05, 0.1) is 31.9 Å². The van der Waals surface area contributed by atoms with Crippen LogP contribution in [0.25, 0.3) is 0 Å². The van der Waals surface area contributed by atoms with Gasteiger partial charge in [-0.25, -0.2) is 15.1 Å². The van der Waals surface area contributed by atoms with Gasteiger partial charge in [0.2, 0.25) is 0 Å². The van der Waals surface area contributed by atoms with Crippen LogP contribution < -0.4 is 5.48 Å². The van der Waals surface area contributed by atoms with Crippen LogP contribution in [0.2, 0.25) is 0 Å². The Morgan fingerprint density at radius 1 is 1.28 bits per heavy atom. The third-order valence-electron chi connectivity index (χ3n) is 5.10. The molecule has 2 N–H and O–H groups in total. The van der Waals surface area contributed by atoms with Gasteiger partial charge in [0.1, 0.15) is 11.6 Å². The summed E-state index contributed by atoms with van der Waals surface area (Å²) in [5.41, 5.74) is 1.62. The van der Waals surface area contributed by atoms with E-state index in [1.165, 1.54) is 4.90 Å². The first-order chi connectivity index (χ1) is 14.9. The van der Waals surface area contributed by atoms with Crippen molar-refractivity contribution in [2.75, 3.05) is 32.9 Å². The Kier molecular flexibility index (Phi) is 7.14. The topological polar surface area (TPSA) is 164 Å². The van der Waals surface area contributed by atoms with Gasteiger partial charge in [0.25, 0.3) is 5.91 Å². The number of piperidine rings is 1. The highest BCUT2D eigenvalue weighted by molar-refractivity contribution is 7.80. The molecule has 3 saturated heterocycles. The standard InChI is InChI=1S/C17H28N4O10S/c1-17(2,3)30-16(24)19-6-7-28-9-12(19)10-29-18-14(22)13-5-4-11-8-20(13)15(23)21(11)31-32(25,26)27/h11-13H,4-10H2,1-3H3,(H,18,22)(H,25,26,27)/t11-,12?,13+/m1/s1. The van der Waals surface area contributed by atoms with Crippen LogP contribution in [0.1, 0.15) is 33.6 Å². The fraction of sp³-hybridized carbons (Fsp3) is 0.824. The summed E-state index contributed by atoms with van der Waals surface area (Å²) < 4.78 is 45.9. The number of amides is 4. The van der Waals surface area contributed by atoms with Crippen molar-refractivity contribution in [3.05, 3.63) is 0 Å². The van der Waals surface area contributed by atoms with E-state index in [0.717, 1.165) is 4.90 Å². The van der Waals surface area contributed by atoms with Crippen molar-refractivity contribution in [2.24, 2.45) is 0 Å². The van der Waals surface area contributed by atoms with Crippen LogP contribution in [0.3, 0.4) is 0 Å². The average molecular weight is 480 g/mol. The molecule has 2 bridgehead atoms. The first kappa shape index (κ1) is 24.4. The molecule has 0 aliphatic carbocycles. The maximum atomic E-state index is 12.6. The molecule has 4 amide bonds. The molecular formula is C17H28N4O10S. The largest absolute Gasteiger partial charge is 0.444 e. The van der Waals surface area contributed by atoms with Crippen molar-refractivity contribution in [2.45, 2.75) is 57.3 Å². The minimum absolute atomic E-state index is 0.0632. The molecule has 3 heterocycles. The molecular weight excluding hydrogens is 452 g/mol. The van der Waals surface area contributed by atoms with Gasteiger partial charge in [-0.2, -0.15) is 13.5 Å². The SMILES string of the molecule is CC(C)(C)OC(=O)N1CCOCC1CONC(=O)[C@@H]1CC[C@@H]2CN1C(=O)N2OS(=O)(=O)O. The first-order valence-corrected chi connectivity index (χ1v) is 11.5. The molecule has 0 aromatic carbocycles. The van der Waals surface area contributed by atoms with E-state index in [-0.39, 0.29) is 26.2 Å². The van der Waals surface area contributed by atoms with Crippen LogP contribution in [0.15, 0.2) is 0 Å². The lowest BCUT2D eigenvalue weighted by molar-refractivity contribution is -0.142. The molecule has 0 spiro atoms. The summed E-state index contributed by atoms with van der Waals surface area (Å²) in [6, 6.07) is -2.83. The van der Waals surface area contributed by atoms with E-state index >= 15 is 0 Å².